The Labute approximate surface area is 169 Å². The number of piperidine rings is 1. The number of rotatable bonds is 3. The minimum atomic E-state index is 0.0657. The van der Waals surface area contributed by atoms with Crippen LogP contribution in [0.5, 0.6) is 0 Å². The highest BCUT2D eigenvalue weighted by Gasteiger charge is 2.32. The molecule has 4 heterocycles. The average molecular weight is 412 g/mol. The summed E-state index contributed by atoms with van der Waals surface area (Å²) in [6, 6.07) is 12.3. The molecule has 0 aliphatic carbocycles. The molecular formula is C20H17N3OS3. The molecule has 1 atom stereocenters. The fourth-order valence-electron chi connectivity index (χ4n) is 3.49. The number of fused-ring (bicyclic) bond motifs is 1. The Kier molecular flexibility index (Phi) is 4.51. The Hall–Kier alpha value is -2.09. The van der Waals surface area contributed by atoms with E-state index in [4.69, 9.17) is 4.98 Å². The maximum Gasteiger partial charge on any atom is 0.266 e. The van der Waals surface area contributed by atoms with Crippen LogP contribution in [0.25, 0.3) is 20.1 Å². The molecule has 1 unspecified atom stereocenters. The minimum Gasteiger partial charge on any atom is -0.328 e. The fourth-order valence-corrected chi connectivity index (χ4v) is 6.28. The first kappa shape index (κ1) is 17.0. The van der Waals surface area contributed by atoms with Crippen molar-refractivity contribution in [2.75, 3.05) is 6.54 Å². The maximum atomic E-state index is 13.3. The number of hydrogen-bond donors (Lipinski definition) is 0. The van der Waals surface area contributed by atoms with Crippen LogP contribution in [0.3, 0.4) is 0 Å². The summed E-state index contributed by atoms with van der Waals surface area (Å²) in [7, 11) is 0. The van der Waals surface area contributed by atoms with Gasteiger partial charge in [-0.2, -0.15) is 0 Å². The van der Waals surface area contributed by atoms with Crippen molar-refractivity contribution in [1.29, 1.82) is 0 Å². The van der Waals surface area contributed by atoms with Crippen LogP contribution in [0.15, 0.2) is 48.0 Å². The molecule has 0 N–H and O–H groups in total. The van der Waals surface area contributed by atoms with E-state index >= 15 is 0 Å². The molecule has 0 radical (unpaired) electrons. The molecule has 4 aromatic rings. The molecule has 1 fully saturated rings. The number of para-hydroxylation sites is 1. The Morgan fingerprint density at radius 2 is 2.04 bits per heavy atom. The fraction of sp³-hybridized carbons (Fsp3) is 0.250. The number of carbonyl (C=O) groups excluding carboxylic acids is 1. The van der Waals surface area contributed by atoms with Crippen molar-refractivity contribution in [1.82, 2.24) is 14.9 Å². The van der Waals surface area contributed by atoms with Gasteiger partial charge >= 0.3 is 0 Å². The number of benzene rings is 1. The van der Waals surface area contributed by atoms with E-state index in [0.29, 0.717) is 4.88 Å². The van der Waals surface area contributed by atoms with Gasteiger partial charge in [-0.3, -0.25) is 4.79 Å². The summed E-state index contributed by atoms with van der Waals surface area (Å²) in [6.45, 7) is 0.783. The second-order valence-corrected chi connectivity index (χ2v) is 9.58. The molecule has 1 aromatic carbocycles. The van der Waals surface area contributed by atoms with E-state index in [1.165, 1.54) is 16.0 Å². The summed E-state index contributed by atoms with van der Waals surface area (Å²) < 4.78 is 1.18. The molecule has 1 amide bonds. The van der Waals surface area contributed by atoms with Crippen molar-refractivity contribution < 1.29 is 4.79 Å². The van der Waals surface area contributed by atoms with Crippen LogP contribution in [0.4, 0.5) is 0 Å². The molecule has 0 spiro atoms. The van der Waals surface area contributed by atoms with Crippen LogP contribution >= 0.6 is 34.0 Å². The second kappa shape index (κ2) is 7.14. The van der Waals surface area contributed by atoms with Gasteiger partial charge in [0.1, 0.15) is 14.9 Å². The van der Waals surface area contributed by atoms with Gasteiger partial charge < -0.3 is 4.90 Å². The molecule has 1 aliphatic heterocycles. The van der Waals surface area contributed by atoms with Gasteiger partial charge in [0.2, 0.25) is 0 Å². The molecule has 3 aromatic heterocycles. The van der Waals surface area contributed by atoms with E-state index in [0.717, 1.165) is 46.2 Å². The maximum absolute atomic E-state index is 13.3. The van der Waals surface area contributed by atoms with Crippen molar-refractivity contribution in [2.24, 2.45) is 0 Å². The van der Waals surface area contributed by atoms with Gasteiger partial charge in [-0.15, -0.1) is 34.0 Å². The van der Waals surface area contributed by atoms with Crippen LogP contribution < -0.4 is 0 Å². The zero-order valence-electron chi connectivity index (χ0n) is 14.5. The number of amides is 1. The monoisotopic (exact) mass is 411 g/mol. The largest absolute Gasteiger partial charge is 0.328 e. The summed E-state index contributed by atoms with van der Waals surface area (Å²) in [4.78, 5) is 26.4. The summed E-state index contributed by atoms with van der Waals surface area (Å²) in [5, 5.41) is 4.00. The van der Waals surface area contributed by atoms with Crippen LogP contribution in [0.1, 0.15) is 40.0 Å². The third-order valence-corrected chi connectivity index (χ3v) is 7.97. The summed E-state index contributed by atoms with van der Waals surface area (Å²) >= 11 is 4.84. The third-order valence-electron chi connectivity index (χ3n) is 4.81. The van der Waals surface area contributed by atoms with Gasteiger partial charge in [0.05, 0.1) is 27.3 Å². The van der Waals surface area contributed by atoms with Gasteiger partial charge in [0.25, 0.3) is 5.91 Å². The average Bonchev–Trinajstić information content (AvgIpc) is 3.47. The van der Waals surface area contributed by atoms with Crippen LogP contribution in [0.2, 0.25) is 0 Å². The molecule has 5 rings (SSSR count). The third kappa shape index (κ3) is 3.20. The van der Waals surface area contributed by atoms with E-state index in [9.17, 15) is 4.79 Å². The molecule has 136 valence electrons. The SMILES string of the molecule is O=C(c1cnc(-c2cccs2)s1)N1CCCCC1c1nc2ccccc2s1. The Morgan fingerprint density at radius 3 is 2.89 bits per heavy atom. The van der Waals surface area contributed by atoms with Crippen LogP contribution in [0, 0.1) is 0 Å². The van der Waals surface area contributed by atoms with E-state index in [-0.39, 0.29) is 11.9 Å². The number of thiazole rings is 2. The smallest absolute Gasteiger partial charge is 0.266 e. The second-order valence-electron chi connectivity index (χ2n) is 6.54. The highest BCUT2D eigenvalue weighted by Crippen LogP contribution is 2.37. The van der Waals surface area contributed by atoms with Crippen molar-refractivity contribution in [3.05, 3.63) is 57.9 Å². The van der Waals surface area contributed by atoms with Crippen molar-refractivity contribution >= 4 is 50.1 Å². The first-order valence-corrected chi connectivity index (χ1v) is 11.5. The van der Waals surface area contributed by atoms with Crippen molar-refractivity contribution in [3.8, 4) is 9.88 Å². The highest BCUT2D eigenvalue weighted by molar-refractivity contribution is 7.22. The lowest BCUT2D eigenvalue weighted by atomic mass is 10.0. The molecule has 7 heteroatoms. The lowest BCUT2D eigenvalue weighted by molar-refractivity contribution is 0.0616. The number of likely N-dealkylation sites (tertiary alicyclic amines) is 1. The van der Waals surface area contributed by atoms with E-state index in [1.807, 2.05) is 40.6 Å². The summed E-state index contributed by atoms with van der Waals surface area (Å²) in [5.74, 6) is 0.0827. The molecule has 0 bridgehead atoms. The Balaban J connectivity index is 1.45. The van der Waals surface area contributed by atoms with Crippen molar-refractivity contribution in [3.63, 3.8) is 0 Å². The highest BCUT2D eigenvalue weighted by atomic mass is 32.1. The minimum absolute atomic E-state index is 0.0657. The number of nitrogens with zero attached hydrogens (tertiary/aromatic N) is 3. The molecule has 4 nitrogen and oxygen atoms in total. The van der Waals surface area contributed by atoms with Gasteiger partial charge in [0.15, 0.2) is 0 Å². The van der Waals surface area contributed by atoms with Gasteiger partial charge in [-0.05, 0) is 42.8 Å². The van der Waals surface area contributed by atoms with Gasteiger partial charge in [0, 0.05) is 6.54 Å². The first-order valence-electron chi connectivity index (χ1n) is 8.96. The van der Waals surface area contributed by atoms with Crippen molar-refractivity contribution in [2.45, 2.75) is 25.3 Å². The normalized spacial score (nSPS) is 17.5. The molecular weight excluding hydrogens is 394 g/mol. The van der Waals surface area contributed by atoms with Crippen LogP contribution in [-0.2, 0) is 0 Å². The Bertz CT molecular complexity index is 1050. The molecule has 0 saturated carbocycles. The topological polar surface area (TPSA) is 46.1 Å². The lowest BCUT2D eigenvalue weighted by Gasteiger charge is -2.34. The van der Waals surface area contributed by atoms with E-state index < -0.39 is 0 Å². The quantitative estimate of drug-likeness (QED) is 0.425. The standard InChI is InChI=1S/C20H17N3OS3/c24-20(17-12-21-19(27-17)16-9-5-11-25-16)23-10-4-3-7-14(23)18-22-13-6-1-2-8-15(13)26-18/h1-2,5-6,8-9,11-12,14H,3-4,7,10H2. The number of hydrogen-bond acceptors (Lipinski definition) is 6. The van der Waals surface area contributed by atoms with E-state index in [2.05, 4.69) is 11.1 Å². The first-order chi connectivity index (χ1) is 13.3. The zero-order chi connectivity index (χ0) is 18.2. The Morgan fingerprint density at radius 1 is 1.11 bits per heavy atom. The predicted molar refractivity (Wildman–Crippen MR) is 113 cm³/mol. The number of thiophene rings is 1. The summed E-state index contributed by atoms with van der Waals surface area (Å²) in [6.07, 6.45) is 4.88. The molecule has 27 heavy (non-hydrogen) atoms. The predicted octanol–water partition coefficient (Wildman–Crippen LogP) is 5.85. The molecule has 1 saturated heterocycles. The number of aromatic nitrogens is 2. The zero-order valence-corrected chi connectivity index (χ0v) is 16.9. The number of carbonyl (C=O) groups is 1. The van der Waals surface area contributed by atoms with Gasteiger partial charge in [-0.25, -0.2) is 9.97 Å². The van der Waals surface area contributed by atoms with Crippen LogP contribution in [-0.4, -0.2) is 27.3 Å². The lowest BCUT2D eigenvalue weighted by Crippen LogP contribution is -2.38. The van der Waals surface area contributed by atoms with Gasteiger partial charge in [-0.1, -0.05) is 18.2 Å². The van der Waals surface area contributed by atoms with E-state index in [1.54, 1.807) is 28.9 Å². The summed E-state index contributed by atoms with van der Waals surface area (Å²) in [5.41, 5.74) is 1.02. The molecule has 1 aliphatic rings.